The fourth-order valence-corrected chi connectivity index (χ4v) is 3.76. The number of nitrogens with zero attached hydrogens (tertiary/aromatic N) is 3. The van der Waals surface area contributed by atoms with E-state index in [4.69, 9.17) is 17.3 Å². The Hall–Kier alpha value is -1.86. The van der Waals surface area contributed by atoms with Gasteiger partial charge in [-0.3, -0.25) is 4.79 Å². The minimum Gasteiger partial charge on any atom is -0.368 e. The molecule has 0 radical (unpaired) electrons. The first-order valence-electron chi connectivity index (χ1n) is 7.97. The molecule has 128 valence electrons. The van der Waals surface area contributed by atoms with Gasteiger partial charge in [0.1, 0.15) is 11.0 Å². The highest BCUT2D eigenvalue weighted by Gasteiger charge is 2.25. The third-order valence-electron chi connectivity index (χ3n) is 4.14. The summed E-state index contributed by atoms with van der Waals surface area (Å²) in [5, 5.41) is 5.44. The zero-order chi connectivity index (χ0) is 16.9. The summed E-state index contributed by atoms with van der Waals surface area (Å²) < 4.78 is 0. The topological polar surface area (TPSA) is 84.1 Å². The number of nitrogens with two attached hydrogens (primary N) is 1. The van der Waals surface area contributed by atoms with E-state index < -0.39 is 0 Å². The molecule has 6 nitrogen and oxygen atoms in total. The van der Waals surface area contributed by atoms with Crippen molar-refractivity contribution in [1.29, 1.82) is 0 Å². The van der Waals surface area contributed by atoms with Gasteiger partial charge in [-0.25, -0.2) is 4.98 Å². The molecule has 24 heavy (non-hydrogen) atoms. The van der Waals surface area contributed by atoms with E-state index in [0.717, 1.165) is 38.2 Å². The summed E-state index contributed by atoms with van der Waals surface area (Å²) in [6.07, 6.45) is 2.49. The van der Waals surface area contributed by atoms with Crippen molar-refractivity contribution in [1.82, 2.24) is 15.3 Å². The molecule has 1 fully saturated rings. The molecular weight excluding hydrogens is 346 g/mol. The number of carbonyl (C=O) groups is 1. The van der Waals surface area contributed by atoms with Crippen molar-refractivity contribution in [2.75, 3.05) is 30.3 Å². The van der Waals surface area contributed by atoms with Crippen LogP contribution in [-0.4, -0.2) is 35.5 Å². The van der Waals surface area contributed by atoms with Gasteiger partial charge in [0.15, 0.2) is 0 Å². The zero-order valence-corrected chi connectivity index (χ0v) is 14.8. The lowest BCUT2D eigenvalue weighted by Crippen LogP contribution is -2.41. The van der Waals surface area contributed by atoms with Gasteiger partial charge in [-0.15, -0.1) is 11.3 Å². The monoisotopic (exact) mass is 365 g/mol. The first-order valence-corrected chi connectivity index (χ1v) is 9.22. The summed E-state index contributed by atoms with van der Waals surface area (Å²) in [6.45, 7) is 2.21. The lowest BCUT2D eigenvalue weighted by Gasteiger charge is -2.32. The summed E-state index contributed by atoms with van der Waals surface area (Å²) in [5.74, 6) is 1.10. The number of hydrogen-bond donors (Lipinski definition) is 2. The predicted octanol–water partition coefficient (Wildman–Crippen LogP) is 2.35. The highest BCUT2D eigenvalue weighted by Crippen LogP contribution is 2.24. The van der Waals surface area contributed by atoms with Gasteiger partial charge in [0.25, 0.3) is 0 Å². The number of aromatic nitrogens is 2. The first kappa shape index (κ1) is 17.0. The third kappa shape index (κ3) is 4.36. The zero-order valence-electron chi connectivity index (χ0n) is 13.2. The molecule has 8 heteroatoms. The van der Waals surface area contributed by atoms with Crippen LogP contribution >= 0.6 is 22.9 Å². The average molecular weight is 366 g/mol. The molecular formula is C16H20ClN5OS. The summed E-state index contributed by atoms with van der Waals surface area (Å²) in [4.78, 5) is 23.8. The second-order valence-electron chi connectivity index (χ2n) is 5.79. The fraction of sp³-hybridized carbons (Fsp3) is 0.438. The van der Waals surface area contributed by atoms with Crippen molar-refractivity contribution in [3.63, 3.8) is 0 Å². The molecule has 3 heterocycles. The third-order valence-corrected chi connectivity index (χ3v) is 5.27. The molecule has 0 aliphatic carbocycles. The number of piperidine rings is 1. The highest BCUT2D eigenvalue weighted by molar-refractivity contribution is 7.09. The van der Waals surface area contributed by atoms with E-state index in [1.807, 2.05) is 6.07 Å². The number of hydrogen-bond acceptors (Lipinski definition) is 6. The van der Waals surface area contributed by atoms with Gasteiger partial charge in [-0.05, 0) is 30.7 Å². The van der Waals surface area contributed by atoms with E-state index in [1.54, 1.807) is 17.4 Å². The van der Waals surface area contributed by atoms with Gasteiger partial charge in [0, 0.05) is 36.5 Å². The average Bonchev–Trinajstić information content (AvgIpc) is 3.07. The first-order chi connectivity index (χ1) is 11.6. The number of thiophene rings is 1. The minimum absolute atomic E-state index is 0.0549. The van der Waals surface area contributed by atoms with E-state index in [9.17, 15) is 4.79 Å². The minimum atomic E-state index is 0.0549. The predicted molar refractivity (Wildman–Crippen MR) is 97.4 cm³/mol. The van der Waals surface area contributed by atoms with Crippen LogP contribution in [0.4, 0.5) is 11.8 Å². The Kier molecular flexibility index (Phi) is 5.52. The largest absolute Gasteiger partial charge is 0.368 e. The van der Waals surface area contributed by atoms with Crippen LogP contribution in [0.1, 0.15) is 17.7 Å². The van der Waals surface area contributed by atoms with Gasteiger partial charge in [0.2, 0.25) is 11.9 Å². The molecule has 0 spiro atoms. The number of amides is 1. The van der Waals surface area contributed by atoms with Crippen LogP contribution in [0.25, 0.3) is 0 Å². The Labute approximate surface area is 150 Å². The van der Waals surface area contributed by atoms with Crippen molar-refractivity contribution in [3.8, 4) is 0 Å². The van der Waals surface area contributed by atoms with Crippen molar-refractivity contribution in [2.24, 2.45) is 5.92 Å². The Balaban J connectivity index is 1.46. The number of rotatable bonds is 5. The normalized spacial score (nSPS) is 15.5. The van der Waals surface area contributed by atoms with Crippen molar-refractivity contribution in [3.05, 3.63) is 33.6 Å². The molecule has 1 aliphatic rings. The smallest absolute Gasteiger partial charge is 0.223 e. The van der Waals surface area contributed by atoms with Crippen molar-refractivity contribution < 1.29 is 4.79 Å². The molecule has 0 unspecified atom stereocenters. The summed E-state index contributed by atoms with van der Waals surface area (Å²) in [5.41, 5.74) is 5.64. The molecule has 3 N–H and O–H groups in total. The molecule has 0 aromatic carbocycles. The maximum Gasteiger partial charge on any atom is 0.223 e. The van der Waals surface area contributed by atoms with Crippen molar-refractivity contribution >= 4 is 40.6 Å². The standard InChI is InChI=1S/C16H20ClN5OS/c17-13-10-14(21-16(18)20-13)22-7-4-11(5-8-22)15(23)19-6-3-12-2-1-9-24-12/h1-2,9-11H,3-8H2,(H,19,23)(H2,18,20,21). The van der Waals surface area contributed by atoms with Gasteiger partial charge in [-0.2, -0.15) is 4.98 Å². The lowest BCUT2D eigenvalue weighted by molar-refractivity contribution is -0.125. The highest BCUT2D eigenvalue weighted by atomic mass is 35.5. The number of halogens is 1. The number of carbonyl (C=O) groups excluding carboxylic acids is 1. The second-order valence-corrected chi connectivity index (χ2v) is 7.21. The Morgan fingerprint density at radius 1 is 1.42 bits per heavy atom. The van der Waals surface area contributed by atoms with E-state index in [-0.39, 0.29) is 17.8 Å². The summed E-state index contributed by atoms with van der Waals surface area (Å²) in [7, 11) is 0. The van der Waals surface area contributed by atoms with E-state index in [2.05, 4.69) is 31.6 Å². The maximum atomic E-state index is 12.3. The van der Waals surface area contributed by atoms with E-state index in [0.29, 0.717) is 11.7 Å². The van der Waals surface area contributed by atoms with Crippen LogP contribution in [0.15, 0.2) is 23.6 Å². The summed E-state index contributed by atoms with van der Waals surface area (Å²) in [6, 6.07) is 5.83. The van der Waals surface area contributed by atoms with Gasteiger partial charge < -0.3 is 16.0 Å². The quantitative estimate of drug-likeness (QED) is 0.794. The number of nitrogens with one attached hydrogen (secondary N) is 1. The molecule has 3 rings (SSSR count). The molecule has 1 aliphatic heterocycles. The van der Waals surface area contributed by atoms with Gasteiger partial charge in [-0.1, -0.05) is 17.7 Å². The van der Waals surface area contributed by atoms with Crippen LogP contribution in [0.2, 0.25) is 5.15 Å². The maximum absolute atomic E-state index is 12.3. The van der Waals surface area contributed by atoms with Crippen LogP contribution in [0.5, 0.6) is 0 Å². The molecule has 2 aromatic rings. The van der Waals surface area contributed by atoms with Crippen LogP contribution < -0.4 is 16.0 Å². The molecule has 2 aromatic heterocycles. The van der Waals surface area contributed by atoms with Crippen LogP contribution in [-0.2, 0) is 11.2 Å². The lowest BCUT2D eigenvalue weighted by atomic mass is 9.96. The van der Waals surface area contributed by atoms with Crippen LogP contribution in [0.3, 0.4) is 0 Å². The van der Waals surface area contributed by atoms with E-state index >= 15 is 0 Å². The summed E-state index contributed by atoms with van der Waals surface area (Å²) >= 11 is 7.65. The van der Waals surface area contributed by atoms with Gasteiger partial charge in [0.05, 0.1) is 0 Å². The SMILES string of the molecule is Nc1nc(Cl)cc(N2CCC(C(=O)NCCc3cccs3)CC2)n1. The Morgan fingerprint density at radius 2 is 2.21 bits per heavy atom. The van der Waals surface area contributed by atoms with Gasteiger partial charge >= 0.3 is 0 Å². The van der Waals surface area contributed by atoms with E-state index in [1.165, 1.54) is 4.88 Å². The number of nitrogen functional groups attached to an aromatic ring is 1. The molecule has 0 bridgehead atoms. The van der Waals surface area contributed by atoms with Crippen LogP contribution in [0, 0.1) is 5.92 Å². The molecule has 1 saturated heterocycles. The second kappa shape index (κ2) is 7.81. The molecule has 0 saturated carbocycles. The Bertz CT molecular complexity index is 666. The molecule has 0 atom stereocenters. The fourth-order valence-electron chi connectivity index (χ4n) is 2.86. The van der Waals surface area contributed by atoms with Crippen molar-refractivity contribution in [2.45, 2.75) is 19.3 Å². The number of anilines is 2. The Morgan fingerprint density at radius 3 is 2.88 bits per heavy atom. The molecule has 1 amide bonds.